The summed E-state index contributed by atoms with van der Waals surface area (Å²) >= 11 is 7.40. The Labute approximate surface area is 112 Å². The number of hydrogen-bond donors (Lipinski definition) is 1. The van der Waals surface area contributed by atoms with E-state index in [2.05, 4.69) is 9.88 Å². The molecule has 0 bridgehead atoms. The van der Waals surface area contributed by atoms with Gasteiger partial charge in [-0.25, -0.2) is 4.98 Å². The van der Waals surface area contributed by atoms with Crippen molar-refractivity contribution < 1.29 is 5.11 Å². The Hall–Kier alpha value is -0.160. The van der Waals surface area contributed by atoms with Crippen LogP contribution in [0.4, 0.5) is 0 Å². The van der Waals surface area contributed by atoms with E-state index in [1.54, 1.807) is 11.3 Å². The maximum atomic E-state index is 9.22. The Morgan fingerprint density at radius 1 is 1.53 bits per heavy atom. The van der Waals surface area contributed by atoms with E-state index in [1.165, 1.54) is 5.01 Å². The van der Waals surface area contributed by atoms with Gasteiger partial charge in [-0.1, -0.05) is 0 Å². The quantitative estimate of drug-likeness (QED) is 0.585. The molecule has 1 heterocycles. The lowest BCUT2D eigenvalue weighted by Crippen LogP contribution is -2.28. The molecule has 1 atom stereocenters. The van der Waals surface area contributed by atoms with Crippen LogP contribution in [0.2, 0.25) is 0 Å². The second-order valence-corrected chi connectivity index (χ2v) is 5.64. The third-order valence-electron chi connectivity index (χ3n) is 2.49. The molecule has 0 aliphatic heterocycles. The van der Waals surface area contributed by atoms with Crippen molar-refractivity contribution in [1.82, 2.24) is 9.88 Å². The topological polar surface area (TPSA) is 36.4 Å². The standard InChI is InChI=1S/C12H21ClN2OS/c1-10(16)8-15(2)6-4-3-5-12-14-11(7-13)9-17-12/h9-10,16H,3-8H2,1-2H3. The Kier molecular flexibility index (Phi) is 7.04. The number of unbranched alkanes of at least 4 members (excludes halogenated alkanes) is 1. The molecule has 1 aromatic rings. The van der Waals surface area contributed by atoms with Gasteiger partial charge in [0.2, 0.25) is 0 Å². The van der Waals surface area contributed by atoms with Gasteiger partial charge in [-0.15, -0.1) is 22.9 Å². The van der Waals surface area contributed by atoms with Crippen LogP contribution in [0.1, 0.15) is 30.5 Å². The van der Waals surface area contributed by atoms with Crippen LogP contribution in [0.3, 0.4) is 0 Å². The highest BCUT2D eigenvalue weighted by molar-refractivity contribution is 7.09. The van der Waals surface area contributed by atoms with Gasteiger partial charge in [-0.05, 0) is 39.8 Å². The molecular weight excluding hydrogens is 256 g/mol. The second kappa shape index (κ2) is 8.03. The Morgan fingerprint density at radius 2 is 2.29 bits per heavy atom. The van der Waals surface area contributed by atoms with E-state index < -0.39 is 0 Å². The maximum absolute atomic E-state index is 9.22. The van der Waals surface area contributed by atoms with E-state index in [9.17, 15) is 5.11 Å². The predicted molar refractivity (Wildman–Crippen MR) is 73.8 cm³/mol. The summed E-state index contributed by atoms with van der Waals surface area (Å²) < 4.78 is 0. The summed E-state index contributed by atoms with van der Waals surface area (Å²) in [5, 5.41) is 12.4. The molecule has 0 radical (unpaired) electrons. The van der Waals surface area contributed by atoms with Crippen molar-refractivity contribution in [3.63, 3.8) is 0 Å². The third kappa shape index (κ3) is 6.36. The van der Waals surface area contributed by atoms with Crippen molar-refractivity contribution in [3.8, 4) is 0 Å². The van der Waals surface area contributed by atoms with Gasteiger partial charge in [0.25, 0.3) is 0 Å². The predicted octanol–water partition coefficient (Wildman–Crippen LogP) is 2.52. The lowest BCUT2D eigenvalue weighted by Gasteiger charge is -2.17. The Morgan fingerprint density at radius 3 is 2.88 bits per heavy atom. The fraction of sp³-hybridized carbons (Fsp3) is 0.750. The zero-order valence-corrected chi connectivity index (χ0v) is 12.1. The highest BCUT2D eigenvalue weighted by Gasteiger charge is 2.04. The number of aryl methyl sites for hydroxylation is 1. The smallest absolute Gasteiger partial charge is 0.0928 e. The van der Waals surface area contributed by atoms with Crippen molar-refractivity contribution in [1.29, 1.82) is 0 Å². The number of thiazole rings is 1. The van der Waals surface area contributed by atoms with Crippen LogP contribution in [0.15, 0.2) is 5.38 Å². The first-order chi connectivity index (χ1) is 8.11. The summed E-state index contributed by atoms with van der Waals surface area (Å²) in [6, 6.07) is 0. The molecule has 0 amide bonds. The minimum atomic E-state index is -0.245. The molecule has 0 spiro atoms. The van der Waals surface area contributed by atoms with Crippen LogP contribution in [-0.2, 0) is 12.3 Å². The number of aliphatic hydroxyl groups is 1. The average Bonchev–Trinajstić information content (AvgIpc) is 2.71. The van der Waals surface area contributed by atoms with E-state index in [1.807, 2.05) is 19.4 Å². The first-order valence-electron chi connectivity index (χ1n) is 5.97. The van der Waals surface area contributed by atoms with Crippen LogP contribution in [0.5, 0.6) is 0 Å². The highest BCUT2D eigenvalue weighted by Crippen LogP contribution is 2.14. The van der Waals surface area contributed by atoms with Gasteiger partial charge in [0, 0.05) is 11.9 Å². The SMILES string of the molecule is CC(O)CN(C)CCCCc1nc(CCl)cs1. The van der Waals surface area contributed by atoms with Gasteiger partial charge >= 0.3 is 0 Å². The van der Waals surface area contributed by atoms with Crippen LogP contribution in [0.25, 0.3) is 0 Å². The maximum Gasteiger partial charge on any atom is 0.0928 e. The summed E-state index contributed by atoms with van der Waals surface area (Å²) in [5.74, 6) is 0.508. The molecular formula is C12H21ClN2OS. The molecule has 1 unspecified atom stereocenters. The normalized spacial score (nSPS) is 13.2. The van der Waals surface area contributed by atoms with Crippen LogP contribution < -0.4 is 0 Å². The zero-order chi connectivity index (χ0) is 12.7. The van der Waals surface area contributed by atoms with Gasteiger partial charge in [0.1, 0.15) is 0 Å². The van der Waals surface area contributed by atoms with Gasteiger partial charge in [0.15, 0.2) is 0 Å². The molecule has 1 rings (SSSR count). The summed E-state index contributed by atoms with van der Waals surface area (Å²) in [7, 11) is 2.04. The summed E-state index contributed by atoms with van der Waals surface area (Å²) in [6.07, 6.45) is 3.06. The molecule has 3 nitrogen and oxygen atoms in total. The molecule has 0 aromatic carbocycles. The van der Waals surface area contributed by atoms with E-state index >= 15 is 0 Å². The van der Waals surface area contributed by atoms with Crippen molar-refractivity contribution >= 4 is 22.9 Å². The van der Waals surface area contributed by atoms with Crippen molar-refractivity contribution in [2.75, 3.05) is 20.1 Å². The lowest BCUT2D eigenvalue weighted by atomic mass is 10.2. The average molecular weight is 277 g/mol. The number of aliphatic hydroxyl groups excluding tert-OH is 1. The summed E-state index contributed by atoms with van der Waals surface area (Å²) in [4.78, 5) is 6.59. The number of nitrogens with zero attached hydrogens (tertiary/aromatic N) is 2. The number of hydrogen-bond acceptors (Lipinski definition) is 4. The Bertz CT molecular complexity index is 317. The number of rotatable bonds is 8. The number of aromatic nitrogens is 1. The zero-order valence-electron chi connectivity index (χ0n) is 10.5. The van der Waals surface area contributed by atoms with E-state index in [0.29, 0.717) is 5.88 Å². The molecule has 17 heavy (non-hydrogen) atoms. The van der Waals surface area contributed by atoms with E-state index in [4.69, 9.17) is 11.6 Å². The number of likely N-dealkylation sites (N-methyl/N-ethyl adjacent to an activating group) is 1. The van der Waals surface area contributed by atoms with Crippen molar-refractivity contribution in [3.05, 3.63) is 16.1 Å². The lowest BCUT2D eigenvalue weighted by molar-refractivity contribution is 0.140. The summed E-state index contributed by atoms with van der Waals surface area (Å²) in [5.41, 5.74) is 0.984. The summed E-state index contributed by atoms with van der Waals surface area (Å²) in [6.45, 7) is 3.59. The fourth-order valence-corrected chi connectivity index (χ4v) is 2.79. The molecule has 0 fully saturated rings. The molecule has 1 N–H and O–H groups in total. The van der Waals surface area contributed by atoms with E-state index in [-0.39, 0.29) is 6.10 Å². The van der Waals surface area contributed by atoms with Crippen LogP contribution >= 0.6 is 22.9 Å². The number of alkyl halides is 1. The molecule has 0 saturated heterocycles. The minimum Gasteiger partial charge on any atom is -0.392 e. The molecule has 0 aliphatic rings. The second-order valence-electron chi connectivity index (χ2n) is 4.43. The van der Waals surface area contributed by atoms with Gasteiger partial charge in [-0.3, -0.25) is 0 Å². The van der Waals surface area contributed by atoms with Crippen LogP contribution in [0, 0.1) is 0 Å². The molecule has 98 valence electrons. The molecule has 5 heteroatoms. The molecule has 0 saturated carbocycles. The monoisotopic (exact) mass is 276 g/mol. The van der Waals surface area contributed by atoms with Crippen LogP contribution in [-0.4, -0.2) is 41.2 Å². The van der Waals surface area contributed by atoms with E-state index in [0.717, 1.165) is 38.0 Å². The first kappa shape index (κ1) is 14.9. The van der Waals surface area contributed by atoms with Crippen molar-refractivity contribution in [2.24, 2.45) is 0 Å². The molecule has 1 aromatic heterocycles. The van der Waals surface area contributed by atoms with Crippen molar-refractivity contribution in [2.45, 2.75) is 38.2 Å². The third-order valence-corrected chi connectivity index (χ3v) is 3.72. The van der Waals surface area contributed by atoms with Gasteiger partial charge < -0.3 is 10.0 Å². The van der Waals surface area contributed by atoms with Gasteiger partial charge in [0.05, 0.1) is 22.7 Å². The molecule has 0 aliphatic carbocycles. The fourth-order valence-electron chi connectivity index (χ4n) is 1.73. The minimum absolute atomic E-state index is 0.245. The van der Waals surface area contributed by atoms with Gasteiger partial charge in [-0.2, -0.15) is 0 Å². The Balaban J connectivity index is 2.11. The first-order valence-corrected chi connectivity index (χ1v) is 7.39. The number of halogens is 1. The highest BCUT2D eigenvalue weighted by atomic mass is 35.5. The largest absolute Gasteiger partial charge is 0.392 e.